The van der Waals surface area contributed by atoms with E-state index in [9.17, 15) is 9.90 Å². The number of carbonyl (C=O) groups is 1. The summed E-state index contributed by atoms with van der Waals surface area (Å²) in [6.07, 6.45) is 7.39. The molecular formula is C23H43NO3. The average molecular weight is 382 g/mol. The van der Waals surface area contributed by atoms with Crippen molar-refractivity contribution in [3.8, 4) is 0 Å². The van der Waals surface area contributed by atoms with Gasteiger partial charge in [-0.3, -0.25) is 0 Å². The van der Waals surface area contributed by atoms with Crippen LogP contribution in [-0.2, 0) is 9.53 Å². The van der Waals surface area contributed by atoms with Crippen LogP contribution in [0.15, 0.2) is 0 Å². The first kappa shape index (κ1) is 22.7. The van der Waals surface area contributed by atoms with Crippen LogP contribution in [0.2, 0.25) is 0 Å². The lowest BCUT2D eigenvalue weighted by molar-refractivity contribution is -0.191. The zero-order chi connectivity index (χ0) is 20.0. The minimum Gasteiger partial charge on any atom is -0.462 e. The third-order valence-corrected chi connectivity index (χ3v) is 7.95. The number of aliphatic hydroxyl groups is 1. The van der Waals surface area contributed by atoms with Gasteiger partial charge in [-0.25, -0.2) is 4.79 Å². The van der Waals surface area contributed by atoms with Gasteiger partial charge in [-0.2, -0.15) is 0 Å². The van der Waals surface area contributed by atoms with Gasteiger partial charge in [-0.05, 0) is 56.0 Å². The molecule has 0 amide bonds. The molecule has 2 fully saturated rings. The highest BCUT2D eigenvalue weighted by molar-refractivity contribution is 5.80. The molecule has 0 aromatic rings. The van der Waals surface area contributed by atoms with Crippen LogP contribution in [0.3, 0.4) is 0 Å². The SMILES string of the molecule is CCN(CC)CCOC(=O)[C@](O)(C1CCCCC1)[C@H]1CC[C@H](C)[C@H](C)[C@@H]1C. The Kier molecular flexibility index (Phi) is 8.61. The second kappa shape index (κ2) is 10.2. The Labute approximate surface area is 167 Å². The van der Waals surface area contributed by atoms with E-state index in [0.29, 0.717) is 24.4 Å². The van der Waals surface area contributed by atoms with Crippen molar-refractivity contribution in [2.24, 2.45) is 29.6 Å². The second-order valence-electron chi connectivity index (χ2n) is 9.20. The first-order chi connectivity index (χ1) is 12.9. The first-order valence-electron chi connectivity index (χ1n) is 11.5. The largest absolute Gasteiger partial charge is 0.462 e. The van der Waals surface area contributed by atoms with E-state index in [4.69, 9.17) is 4.74 Å². The van der Waals surface area contributed by atoms with Gasteiger partial charge in [0.05, 0.1) is 0 Å². The molecule has 2 rings (SSSR count). The summed E-state index contributed by atoms with van der Waals surface area (Å²) in [5, 5.41) is 11.9. The smallest absolute Gasteiger partial charge is 0.338 e. The van der Waals surface area contributed by atoms with E-state index in [-0.39, 0.29) is 17.8 Å². The second-order valence-corrected chi connectivity index (χ2v) is 9.20. The molecule has 27 heavy (non-hydrogen) atoms. The number of nitrogens with zero attached hydrogens (tertiary/aromatic N) is 1. The lowest BCUT2D eigenvalue weighted by atomic mass is 9.58. The van der Waals surface area contributed by atoms with E-state index in [1.54, 1.807) is 0 Å². The van der Waals surface area contributed by atoms with Crippen molar-refractivity contribution in [1.29, 1.82) is 0 Å². The van der Waals surface area contributed by atoms with Crippen molar-refractivity contribution in [1.82, 2.24) is 4.90 Å². The topological polar surface area (TPSA) is 49.8 Å². The molecule has 0 saturated heterocycles. The molecule has 5 atom stereocenters. The summed E-state index contributed by atoms with van der Waals surface area (Å²) in [7, 11) is 0. The van der Waals surface area contributed by atoms with Crippen LogP contribution in [-0.4, -0.2) is 47.8 Å². The van der Waals surface area contributed by atoms with Crippen molar-refractivity contribution in [3.05, 3.63) is 0 Å². The van der Waals surface area contributed by atoms with Gasteiger partial charge in [0.25, 0.3) is 0 Å². The molecule has 4 nitrogen and oxygen atoms in total. The molecule has 2 aliphatic carbocycles. The molecule has 158 valence electrons. The third-order valence-electron chi connectivity index (χ3n) is 7.95. The number of hydrogen-bond acceptors (Lipinski definition) is 4. The molecule has 0 unspecified atom stereocenters. The Morgan fingerprint density at radius 1 is 1.00 bits per heavy atom. The summed E-state index contributed by atoms with van der Waals surface area (Å²) in [6.45, 7) is 14.1. The fourth-order valence-electron chi connectivity index (χ4n) is 5.56. The van der Waals surface area contributed by atoms with Crippen LogP contribution < -0.4 is 0 Å². The summed E-state index contributed by atoms with van der Waals surface area (Å²) >= 11 is 0. The molecule has 0 aliphatic heterocycles. The first-order valence-corrected chi connectivity index (χ1v) is 11.5. The molecule has 4 heteroatoms. The number of likely N-dealkylation sites (N-methyl/N-ethyl adjacent to an activating group) is 1. The number of carbonyl (C=O) groups excluding carboxylic acids is 1. The number of ether oxygens (including phenoxy) is 1. The zero-order valence-corrected chi connectivity index (χ0v) is 18.4. The average Bonchev–Trinajstić information content (AvgIpc) is 2.69. The van der Waals surface area contributed by atoms with Crippen LogP contribution in [0.4, 0.5) is 0 Å². The van der Waals surface area contributed by atoms with Gasteiger partial charge in [0.15, 0.2) is 5.60 Å². The predicted octanol–water partition coefficient (Wildman–Crippen LogP) is 4.50. The number of hydrogen-bond donors (Lipinski definition) is 1. The molecule has 2 aliphatic rings. The van der Waals surface area contributed by atoms with E-state index in [2.05, 4.69) is 39.5 Å². The van der Waals surface area contributed by atoms with Crippen LogP contribution >= 0.6 is 0 Å². The van der Waals surface area contributed by atoms with E-state index in [1.165, 1.54) is 6.42 Å². The quantitative estimate of drug-likeness (QED) is 0.629. The lowest BCUT2D eigenvalue weighted by Crippen LogP contribution is -2.57. The molecule has 0 aromatic heterocycles. The molecule has 0 heterocycles. The van der Waals surface area contributed by atoms with Gasteiger partial charge in [-0.15, -0.1) is 0 Å². The Morgan fingerprint density at radius 3 is 2.22 bits per heavy atom. The van der Waals surface area contributed by atoms with Gasteiger partial charge in [-0.1, -0.05) is 60.3 Å². The van der Waals surface area contributed by atoms with Gasteiger partial charge in [0.2, 0.25) is 0 Å². The Bertz CT molecular complexity index is 459. The molecular weight excluding hydrogens is 338 g/mol. The van der Waals surface area contributed by atoms with Crippen molar-refractivity contribution in [2.75, 3.05) is 26.2 Å². The van der Waals surface area contributed by atoms with Crippen molar-refractivity contribution in [2.45, 2.75) is 85.2 Å². The highest BCUT2D eigenvalue weighted by Gasteiger charge is 2.54. The van der Waals surface area contributed by atoms with Crippen LogP contribution in [0.5, 0.6) is 0 Å². The van der Waals surface area contributed by atoms with Crippen LogP contribution in [0.25, 0.3) is 0 Å². The van der Waals surface area contributed by atoms with Crippen molar-refractivity contribution >= 4 is 5.97 Å². The minimum atomic E-state index is -1.31. The highest BCUT2D eigenvalue weighted by atomic mass is 16.5. The maximum atomic E-state index is 13.3. The molecule has 2 saturated carbocycles. The van der Waals surface area contributed by atoms with Gasteiger partial charge < -0.3 is 14.7 Å². The Morgan fingerprint density at radius 2 is 1.63 bits per heavy atom. The van der Waals surface area contributed by atoms with Gasteiger partial charge >= 0.3 is 5.97 Å². The maximum absolute atomic E-state index is 13.3. The fourth-order valence-corrected chi connectivity index (χ4v) is 5.56. The number of rotatable bonds is 8. The summed E-state index contributed by atoms with van der Waals surface area (Å²) in [5.41, 5.74) is -1.31. The number of esters is 1. The zero-order valence-electron chi connectivity index (χ0n) is 18.4. The Balaban J connectivity index is 2.15. The highest BCUT2D eigenvalue weighted by Crippen LogP contribution is 2.49. The maximum Gasteiger partial charge on any atom is 0.338 e. The summed E-state index contributed by atoms with van der Waals surface area (Å²) in [4.78, 5) is 15.5. The van der Waals surface area contributed by atoms with E-state index < -0.39 is 5.60 Å². The summed E-state index contributed by atoms with van der Waals surface area (Å²) < 4.78 is 5.73. The predicted molar refractivity (Wildman–Crippen MR) is 110 cm³/mol. The lowest BCUT2D eigenvalue weighted by Gasteiger charge is -2.49. The van der Waals surface area contributed by atoms with E-state index in [1.807, 2.05) is 0 Å². The standard InChI is InChI=1S/C23H43NO3/c1-6-24(7-2)15-16-27-22(25)23(26,20-11-9-8-10-12-20)21-14-13-17(3)18(4)19(21)5/h17-21,26H,6-16H2,1-5H3/t17-,18-,19-,21-,23-/m0/s1. The van der Waals surface area contributed by atoms with E-state index >= 15 is 0 Å². The normalized spacial score (nSPS) is 32.3. The third kappa shape index (κ3) is 5.06. The molecule has 0 radical (unpaired) electrons. The van der Waals surface area contributed by atoms with Crippen LogP contribution in [0.1, 0.15) is 79.6 Å². The van der Waals surface area contributed by atoms with E-state index in [0.717, 1.165) is 58.2 Å². The van der Waals surface area contributed by atoms with Gasteiger partial charge in [0.1, 0.15) is 6.61 Å². The molecule has 0 aromatic carbocycles. The molecule has 0 bridgehead atoms. The van der Waals surface area contributed by atoms with Gasteiger partial charge in [0, 0.05) is 12.5 Å². The molecule has 1 N–H and O–H groups in total. The minimum absolute atomic E-state index is 0.0211. The molecule has 0 spiro atoms. The monoisotopic (exact) mass is 381 g/mol. The van der Waals surface area contributed by atoms with Crippen molar-refractivity contribution in [3.63, 3.8) is 0 Å². The fraction of sp³-hybridized carbons (Fsp3) is 0.957. The summed E-state index contributed by atoms with van der Waals surface area (Å²) in [6, 6.07) is 0. The Hall–Kier alpha value is -0.610. The van der Waals surface area contributed by atoms with Crippen molar-refractivity contribution < 1.29 is 14.6 Å². The van der Waals surface area contributed by atoms with Crippen LogP contribution in [0, 0.1) is 29.6 Å². The summed E-state index contributed by atoms with van der Waals surface area (Å²) in [5.74, 6) is 1.26.